The predicted octanol–water partition coefficient (Wildman–Crippen LogP) is 4.17. The molecule has 1 aliphatic heterocycles. The molecule has 5 nitrogen and oxygen atoms in total. The molecule has 5 heteroatoms. The summed E-state index contributed by atoms with van der Waals surface area (Å²) in [4.78, 5) is 15.1. The Morgan fingerprint density at radius 3 is 2.59 bits per heavy atom. The SMILES string of the molecule is Cc1c(C(=O)N2CCCC(COc3ccccc3)C2)cnn1Cc1ccccc1. The van der Waals surface area contributed by atoms with Crippen molar-refractivity contribution in [2.24, 2.45) is 5.92 Å². The Morgan fingerprint density at radius 1 is 1.10 bits per heavy atom. The molecule has 0 aliphatic carbocycles. The molecule has 1 aromatic heterocycles. The smallest absolute Gasteiger partial charge is 0.257 e. The van der Waals surface area contributed by atoms with Crippen LogP contribution in [0.15, 0.2) is 66.9 Å². The average molecular weight is 389 g/mol. The van der Waals surface area contributed by atoms with Crippen molar-refractivity contribution < 1.29 is 9.53 Å². The van der Waals surface area contributed by atoms with E-state index >= 15 is 0 Å². The maximum atomic E-state index is 13.1. The number of benzene rings is 2. The first-order chi connectivity index (χ1) is 14.2. The molecule has 4 rings (SSSR count). The number of amides is 1. The largest absolute Gasteiger partial charge is 0.493 e. The third-order valence-electron chi connectivity index (χ3n) is 5.54. The van der Waals surface area contributed by atoms with Gasteiger partial charge in [-0.1, -0.05) is 48.5 Å². The number of para-hydroxylation sites is 1. The van der Waals surface area contributed by atoms with Crippen molar-refractivity contribution in [1.29, 1.82) is 0 Å². The topological polar surface area (TPSA) is 47.4 Å². The van der Waals surface area contributed by atoms with Gasteiger partial charge in [-0.05, 0) is 37.5 Å². The standard InChI is InChI=1S/C24H27N3O2/c1-19-23(15-25-27(19)17-20-9-4-2-5-10-20)24(28)26-14-8-11-21(16-26)18-29-22-12-6-3-7-13-22/h2-7,9-10,12-13,15,21H,8,11,14,16-18H2,1H3. The highest BCUT2D eigenvalue weighted by atomic mass is 16.5. The van der Waals surface area contributed by atoms with Crippen molar-refractivity contribution in [3.8, 4) is 5.75 Å². The van der Waals surface area contributed by atoms with E-state index in [0.29, 0.717) is 24.6 Å². The van der Waals surface area contributed by atoms with E-state index in [1.165, 1.54) is 5.56 Å². The number of carbonyl (C=O) groups is 1. The highest BCUT2D eigenvalue weighted by Crippen LogP contribution is 2.21. The molecule has 0 radical (unpaired) electrons. The molecule has 0 spiro atoms. The summed E-state index contributed by atoms with van der Waals surface area (Å²) < 4.78 is 7.82. The van der Waals surface area contributed by atoms with Gasteiger partial charge < -0.3 is 9.64 Å². The maximum absolute atomic E-state index is 13.1. The van der Waals surface area contributed by atoms with Gasteiger partial charge in [-0.2, -0.15) is 5.10 Å². The van der Waals surface area contributed by atoms with E-state index in [2.05, 4.69) is 17.2 Å². The third kappa shape index (κ3) is 4.67. The number of piperidine rings is 1. The molecular formula is C24H27N3O2. The van der Waals surface area contributed by atoms with E-state index in [-0.39, 0.29) is 5.91 Å². The van der Waals surface area contributed by atoms with Crippen LogP contribution in [0.2, 0.25) is 0 Å². The second kappa shape index (κ2) is 8.95. The molecule has 1 saturated heterocycles. The van der Waals surface area contributed by atoms with Gasteiger partial charge in [0.15, 0.2) is 0 Å². The molecule has 0 bridgehead atoms. The van der Waals surface area contributed by atoms with E-state index in [9.17, 15) is 4.79 Å². The number of aromatic nitrogens is 2. The predicted molar refractivity (Wildman–Crippen MR) is 113 cm³/mol. The van der Waals surface area contributed by atoms with Gasteiger partial charge in [-0.25, -0.2) is 0 Å². The number of likely N-dealkylation sites (tertiary alicyclic amines) is 1. The summed E-state index contributed by atoms with van der Waals surface area (Å²) in [5.41, 5.74) is 2.79. The molecule has 0 saturated carbocycles. The van der Waals surface area contributed by atoms with E-state index in [4.69, 9.17) is 4.74 Å². The molecule has 1 amide bonds. The first kappa shape index (κ1) is 19.2. The summed E-state index contributed by atoms with van der Waals surface area (Å²) in [6, 6.07) is 20.1. The number of hydrogen-bond acceptors (Lipinski definition) is 3. The lowest BCUT2D eigenvalue weighted by Crippen LogP contribution is -2.41. The third-order valence-corrected chi connectivity index (χ3v) is 5.54. The number of ether oxygens (including phenoxy) is 1. The second-order valence-electron chi connectivity index (χ2n) is 7.67. The van der Waals surface area contributed by atoms with Crippen LogP contribution in [0.3, 0.4) is 0 Å². The van der Waals surface area contributed by atoms with E-state index in [1.54, 1.807) is 6.20 Å². The minimum Gasteiger partial charge on any atom is -0.493 e. The van der Waals surface area contributed by atoms with Crippen molar-refractivity contribution in [1.82, 2.24) is 14.7 Å². The monoisotopic (exact) mass is 389 g/mol. The number of rotatable bonds is 6. The van der Waals surface area contributed by atoms with Crippen molar-refractivity contribution >= 4 is 5.91 Å². The quantitative estimate of drug-likeness (QED) is 0.636. The van der Waals surface area contributed by atoms with Crippen molar-refractivity contribution in [3.05, 3.63) is 83.7 Å². The molecular weight excluding hydrogens is 362 g/mol. The van der Waals surface area contributed by atoms with Crippen LogP contribution in [-0.2, 0) is 6.54 Å². The van der Waals surface area contributed by atoms with Crippen LogP contribution in [0.1, 0.15) is 34.5 Å². The lowest BCUT2D eigenvalue weighted by molar-refractivity contribution is 0.0632. The van der Waals surface area contributed by atoms with Crippen LogP contribution in [0.25, 0.3) is 0 Å². The van der Waals surface area contributed by atoms with Crippen molar-refractivity contribution in [3.63, 3.8) is 0 Å². The van der Waals surface area contributed by atoms with Crippen LogP contribution in [-0.4, -0.2) is 40.3 Å². The fourth-order valence-electron chi connectivity index (χ4n) is 3.86. The Bertz CT molecular complexity index is 937. The van der Waals surface area contributed by atoms with Gasteiger partial charge in [-0.3, -0.25) is 9.48 Å². The molecule has 1 aliphatic rings. The first-order valence-electron chi connectivity index (χ1n) is 10.2. The van der Waals surface area contributed by atoms with Crippen LogP contribution < -0.4 is 4.74 Å². The zero-order chi connectivity index (χ0) is 20.1. The minimum atomic E-state index is 0.0752. The average Bonchev–Trinajstić information content (AvgIpc) is 3.13. The van der Waals surface area contributed by atoms with Crippen LogP contribution in [0.5, 0.6) is 5.75 Å². The lowest BCUT2D eigenvalue weighted by atomic mass is 9.98. The van der Waals surface area contributed by atoms with E-state index < -0.39 is 0 Å². The van der Waals surface area contributed by atoms with Gasteiger partial charge in [0.1, 0.15) is 5.75 Å². The molecule has 1 fully saturated rings. The zero-order valence-electron chi connectivity index (χ0n) is 16.8. The first-order valence-corrected chi connectivity index (χ1v) is 10.2. The summed E-state index contributed by atoms with van der Waals surface area (Å²) in [6.45, 7) is 4.82. The molecule has 2 aromatic carbocycles. The van der Waals surface area contributed by atoms with Crippen LogP contribution >= 0.6 is 0 Å². The summed E-state index contributed by atoms with van der Waals surface area (Å²) in [6.07, 6.45) is 3.80. The zero-order valence-corrected chi connectivity index (χ0v) is 16.8. The highest BCUT2D eigenvalue weighted by molar-refractivity contribution is 5.95. The van der Waals surface area contributed by atoms with Crippen molar-refractivity contribution in [2.45, 2.75) is 26.3 Å². The number of carbonyl (C=O) groups excluding carboxylic acids is 1. The van der Waals surface area contributed by atoms with E-state index in [1.807, 2.05) is 65.0 Å². The molecule has 1 unspecified atom stereocenters. The van der Waals surface area contributed by atoms with Crippen molar-refractivity contribution in [2.75, 3.05) is 19.7 Å². The Kier molecular flexibility index (Phi) is 5.94. The van der Waals surface area contributed by atoms with Crippen LogP contribution in [0.4, 0.5) is 0 Å². The van der Waals surface area contributed by atoms with Gasteiger partial charge in [0.05, 0.1) is 24.9 Å². The van der Waals surface area contributed by atoms with Gasteiger partial charge in [0.2, 0.25) is 0 Å². The fourth-order valence-corrected chi connectivity index (χ4v) is 3.86. The number of nitrogens with zero attached hydrogens (tertiary/aromatic N) is 3. The van der Waals surface area contributed by atoms with Gasteiger partial charge in [-0.15, -0.1) is 0 Å². The van der Waals surface area contributed by atoms with Gasteiger partial charge >= 0.3 is 0 Å². The molecule has 29 heavy (non-hydrogen) atoms. The Balaban J connectivity index is 1.38. The second-order valence-corrected chi connectivity index (χ2v) is 7.67. The molecule has 2 heterocycles. The minimum absolute atomic E-state index is 0.0752. The summed E-state index contributed by atoms with van der Waals surface area (Å²) in [5.74, 6) is 1.31. The summed E-state index contributed by atoms with van der Waals surface area (Å²) in [7, 11) is 0. The Labute approximate surface area is 171 Å². The lowest BCUT2D eigenvalue weighted by Gasteiger charge is -2.32. The Morgan fingerprint density at radius 2 is 1.83 bits per heavy atom. The summed E-state index contributed by atoms with van der Waals surface area (Å²) >= 11 is 0. The molecule has 1 atom stereocenters. The van der Waals surface area contributed by atoms with Gasteiger partial charge in [0.25, 0.3) is 5.91 Å². The fraction of sp³-hybridized carbons (Fsp3) is 0.333. The Hall–Kier alpha value is -3.08. The molecule has 150 valence electrons. The number of hydrogen-bond donors (Lipinski definition) is 0. The van der Waals surface area contributed by atoms with Gasteiger partial charge in [0, 0.05) is 24.7 Å². The van der Waals surface area contributed by atoms with Crippen LogP contribution in [0, 0.1) is 12.8 Å². The maximum Gasteiger partial charge on any atom is 0.257 e. The molecule has 3 aromatic rings. The molecule has 0 N–H and O–H groups in total. The normalized spacial score (nSPS) is 16.6. The summed E-state index contributed by atoms with van der Waals surface area (Å²) in [5, 5.41) is 4.47. The van der Waals surface area contributed by atoms with E-state index in [0.717, 1.165) is 37.4 Å². The highest BCUT2D eigenvalue weighted by Gasteiger charge is 2.27.